The van der Waals surface area contributed by atoms with E-state index >= 15 is 0 Å². The van der Waals surface area contributed by atoms with Crippen molar-refractivity contribution in [3.05, 3.63) is 34.1 Å². The summed E-state index contributed by atoms with van der Waals surface area (Å²) in [6, 6.07) is 6.08. The van der Waals surface area contributed by atoms with Crippen molar-refractivity contribution in [2.75, 3.05) is 6.54 Å². The standard InChI is InChI=1S/C16H22BrN3O/c1-3-12(8-9-18)5-7-15-19-16(20-21-15)13-6-4-11(2)14(17)10-13/h4,6,10,12H,3,5,7-9,18H2,1-2H3. The second kappa shape index (κ2) is 7.71. The van der Waals surface area contributed by atoms with Gasteiger partial charge in [0.1, 0.15) is 0 Å². The number of aryl methyl sites for hydroxylation is 2. The van der Waals surface area contributed by atoms with Gasteiger partial charge in [-0.2, -0.15) is 4.98 Å². The van der Waals surface area contributed by atoms with Crippen LogP contribution in [0.1, 0.15) is 37.6 Å². The minimum absolute atomic E-state index is 0.638. The molecule has 0 spiro atoms. The van der Waals surface area contributed by atoms with Crippen molar-refractivity contribution in [3.8, 4) is 11.4 Å². The molecule has 1 unspecified atom stereocenters. The van der Waals surface area contributed by atoms with Gasteiger partial charge in [-0.05, 0) is 43.9 Å². The molecular formula is C16H22BrN3O. The van der Waals surface area contributed by atoms with Crippen molar-refractivity contribution < 1.29 is 4.52 Å². The molecule has 2 N–H and O–H groups in total. The van der Waals surface area contributed by atoms with Gasteiger partial charge in [-0.15, -0.1) is 0 Å². The highest BCUT2D eigenvalue weighted by molar-refractivity contribution is 9.10. The minimum Gasteiger partial charge on any atom is -0.339 e. The van der Waals surface area contributed by atoms with Crippen molar-refractivity contribution in [1.82, 2.24) is 10.1 Å². The first-order valence-electron chi connectivity index (χ1n) is 7.43. The first-order chi connectivity index (χ1) is 10.1. The molecule has 114 valence electrons. The Labute approximate surface area is 134 Å². The van der Waals surface area contributed by atoms with Crippen LogP contribution in [0.15, 0.2) is 27.2 Å². The predicted molar refractivity (Wildman–Crippen MR) is 87.9 cm³/mol. The van der Waals surface area contributed by atoms with Crippen molar-refractivity contribution >= 4 is 15.9 Å². The molecule has 0 amide bonds. The Hall–Kier alpha value is -1.20. The summed E-state index contributed by atoms with van der Waals surface area (Å²) in [5.41, 5.74) is 7.78. The predicted octanol–water partition coefficient (Wildman–Crippen LogP) is 4.12. The molecule has 4 nitrogen and oxygen atoms in total. The van der Waals surface area contributed by atoms with Crippen LogP contribution >= 0.6 is 15.9 Å². The molecule has 0 fully saturated rings. The van der Waals surface area contributed by atoms with Gasteiger partial charge in [0.2, 0.25) is 11.7 Å². The fourth-order valence-corrected chi connectivity index (χ4v) is 2.70. The van der Waals surface area contributed by atoms with Crippen LogP contribution in [0, 0.1) is 12.8 Å². The zero-order valence-corrected chi connectivity index (χ0v) is 14.2. The van der Waals surface area contributed by atoms with Crippen LogP contribution in [-0.2, 0) is 6.42 Å². The van der Waals surface area contributed by atoms with E-state index < -0.39 is 0 Å². The maximum absolute atomic E-state index is 5.62. The van der Waals surface area contributed by atoms with Crippen LogP contribution in [0.3, 0.4) is 0 Å². The molecule has 1 aromatic heterocycles. The maximum atomic E-state index is 5.62. The Morgan fingerprint density at radius 1 is 1.33 bits per heavy atom. The van der Waals surface area contributed by atoms with Gasteiger partial charge in [-0.3, -0.25) is 0 Å². The third-order valence-corrected chi connectivity index (χ3v) is 4.67. The summed E-state index contributed by atoms with van der Waals surface area (Å²) < 4.78 is 6.41. The van der Waals surface area contributed by atoms with Gasteiger partial charge >= 0.3 is 0 Å². The zero-order valence-electron chi connectivity index (χ0n) is 12.6. The van der Waals surface area contributed by atoms with E-state index in [0.717, 1.165) is 42.3 Å². The van der Waals surface area contributed by atoms with Crippen LogP contribution < -0.4 is 5.73 Å². The Morgan fingerprint density at radius 3 is 2.81 bits per heavy atom. The molecule has 21 heavy (non-hydrogen) atoms. The molecule has 2 aromatic rings. The number of aromatic nitrogens is 2. The Kier molecular flexibility index (Phi) is 5.94. The monoisotopic (exact) mass is 351 g/mol. The average molecular weight is 352 g/mol. The molecule has 0 aliphatic carbocycles. The van der Waals surface area contributed by atoms with Crippen LogP contribution in [0.2, 0.25) is 0 Å². The number of benzene rings is 1. The van der Waals surface area contributed by atoms with E-state index in [-0.39, 0.29) is 0 Å². The number of hydrogen-bond acceptors (Lipinski definition) is 4. The van der Waals surface area contributed by atoms with Gasteiger partial charge < -0.3 is 10.3 Å². The van der Waals surface area contributed by atoms with Crippen LogP contribution in [0.25, 0.3) is 11.4 Å². The normalized spacial score (nSPS) is 12.6. The minimum atomic E-state index is 0.638. The summed E-state index contributed by atoms with van der Waals surface area (Å²) in [6.07, 6.45) is 4.07. The van der Waals surface area contributed by atoms with Gasteiger partial charge in [0.25, 0.3) is 0 Å². The quantitative estimate of drug-likeness (QED) is 0.814. The third-order valence-electron chi connectivity index (χ3n) is 3.82. The van der Waals surface area contributed by atoms with E-state index in [4.69, 9.17) is 10.3 Å². The SMILES string of the molecule is CCC(CCN)CCc1nc(-c2ccc(C)c(Br)c2)no1. The van der Waals surface area contributed by atoms with Crippen molar-refractivity contribution in [3.63, 3.8) is 0 Å². The van der Waals surface area contributed by atoms with E-state index in [1.165, 1.54) is 5.56 Å². The van der Waals surface area contributed by atoms with Gasteiger partial charge in [0, 0.05) is 16.5 Å². The Balaban J connectivity index is 2.02. The summed E-state index contributed by atoms with van der Waals surface area (Å²) in [7, 11) is 0. The van der Waals surface area contributed by atoms with Gasteiger partial charge in [0.05, 0.1) is 0 Å². The highest BCUT2D eigenvalue weighted by atomic mass is 79.9. The van der Waals surface area contributed by atoms with E-state index in [1.807, 2.05) is 18.2 Å². The van der Waals surface area contributed by atoms with Crippen molar-refractivity contribution in [2.45, 2.75) is 39.5 Å². The number of nitrogens with zero attached hydrogens (tertiary/aromatic N) is 2. The molecule has 2 rings (SSSR count). The van der Waals surface area contributed by atoms with Gasteiger partial charge in [-0.25, -0.2) is 0 Å². The van der Waals surface area contributed by atoms with Gasteiger partial charge in [-0.1, -0.05) is 46.6 Å². The Bertz CT molecular complexity index is 583. The molecule has 5 heteroatoms. The molecular weight excluding hydrogens is 330 g/mol. The number of halogens is 1. The van der Waals surface area contributed by atoms with Crippen molar-refractivity contribution in [1.29, 1.82) is 0 Å². The zero-order chi connectivity index (χ0) is 15.2. The fourth-order valence-electron chi connectivity index (χ4n) is 2.32. The molecule has 0 radical (unpaired) electrons. The molecule has 1 atom stereocenters. The third kappa shape index (κ3) is 4.38. The second-order valence-corrected chi connectivity index (χ2v) is 6.22. The largest absolute Gasteiger partial charge is 0.339 e. The lowest BCUT2D eigenvalue weighted by atomic mass is 9.97. The number of hydrogen-bond donors (Lipinski definition) is 1. The van der Waals surface area contributed by atoms with E-state index in [0.29, 0.717) is 17.6 Å². The lowest BCUT2D eigenvalue weighted by Crippen LogP contribution is -2.09. The second-order valence-electron chi connectivity index (χ2n) is 5.37. The van der Waals surface area contributed by atoms with Crippen LogP contribution in [0.5, 0.6) is 0 Å². The number of rotatable bonds is 7. The molecule has 0 aliphatic heterocycles. The molecule has 0 saturated carbocycles. The average Bonchev–Trinajstić information content (AvgIpc) is 2.95. The molecule has 0 saturated heterocycles. The smallest absolute Gasteiger partial charge is 0.226 e. The number of nitrogens with two attached hydrogens (primary N) is 1. The fraction of sp³-hybridized carbons (Fsp3) is 0.500. The lowest BCUT2D eigenvalue weighted by Gasteiger charge is -2.11. The highest BCUT2D eigenvalue weighted by Crippen LogP contribution is 2.24. The summed E-state index contributed by atoms with van der Waals surface area (Å²) in [4.78, 5) is 4.49. The topological polar surface area (TPSA) is 64.9 Å². The summed E-state index contributed by atoms with van der Waals surface area (Å²) in [6.45, 7) is 4.99. The first-order valence-corrected chi connectivity index (χ1v) is 8.22. The lowest BCUT2D eigenvalue weighted by molar-refractivity contribution is 0.354. The van der Waals surface area contributed by atoms with E-state index in [2.05, 4.69) is 39.9 Å². The van der Waals surface area contributed by atoms with E-state index in [1.54, 1.807) is 0 Å². The highest BCUT2D eigenvalue weighted by Gasteiger charge is 2.12. The van der Waals surface area contributed by atoms with E-state index in [9.17, 15) is 0 Å². The summed E-state index contributed by atoms with van der Waals surface area (Å²) in [5.74, 6) is 1.99. The summed E-state index contributed by atoms with van der Waals surface area (Å²) >= 11 is 3.53. The summed E-state index contributed by atoms with van der Waals surface area (Å²) in [5, 5.41) is 4.08. The Morgan fingerprint density at radius 2 is 2.14 bits per heavy atom. The first kappa shape index (κ1) is 16.2. The molecule has 1 heterocycles. The van der Waals surface area contributed by atoms with Crippen molar-refractivity contribution in [2.24, 2.45) is 11.7 Å². The maximum Gasteiger partial charge on any atom is 0.226 e. The van der Waals surface area contributed by atoms with Crippen LogP contribution in [-0.4, -0.2) is 16.7 Å². The van der Waals surface area contributed by atoms with Gasteiger partial charge in [0.15, 0.2) is 0 Å². The molecule has 1 aromatic carbocycles. The molecule has 0 aliphatic rings. The molecule has 0 bridgehead atoms. The van der Waals surface area contributed by atoms with Crippen LogP contribution in [0.4, 0.5) is 0 Å².